The van der Waals surface area contributed by atoms with Gasteiger partial charge in [-0.3, -0.25) is 9.78 Å². The zero-order valence-electron chi connectivity index (χ0n) is 9.37. The molecule has 6 heteroatoms. The summed E-state index contributed by atoms with van der Waals surface area (Å²) in [5, 5.41) is 2.74. The van der Waals surface area contributed by atoms with E-state index in [-0.39, 0.29) is 30.7 Å². The molecule has 0 bridgehead atoms. The minimum Gasteiger partial charge on any atom is -0.399 e. The number of pyridine rings is 1. The van der Waals surface area contributed by atoms with E-state index in [9.17, 15) is 4.79 Å². The Balaban J connectivity index is 0.00000144. The van der Waals surface area contributed by atoms with Gasteiger partial charge < -0.3 is 11.1 Å². The fourth-order valence-electron chi connectivity index (χ4n) is 1.32. The van der Waals surface area contributed by atoms with Crippen molar-refractivity contribution in [3.63, 3.8) is 0 Å². The standard InChI is InChI=1S/C12H11N3O.2ClH/c13-10-4-1-5-11(7-10)15-12(16)9-3-2-6-14-8-9;;/h1-8H,13H2,(H,15,16);2*1H. The lowest BCUT2D eigenvalue weighted by Gasteiger charge is -2.05. The molecular formula is C12H13Cl2N3O. The SMILES string of the molecule is Cl.Cl.Nc1cccc(NC(=O)c2cccnc2)c1. The Morgan fingerprint density at radius 3 is 2.56 bits per heavy atom. The van der Waals surface area contributed by atoms with Crippen LogP contribution in [-0.4, -0.2) is 10.9 Å². The van der Waals surface area contributed by atoms with Crippen molar-refractivity contribution < 1.29 is 4.79 Å². The van der Waals surface area contributed by atoms with Gasteiger partial charge in [0.25, 0.3) is 5.91 Å². The van der Waals surface area contributed by atoms with E-state index in [1.165, 1.54) is 6.20 Å². The second kappa shape index (κ2) is 7.53. The van der Waals surface area contributed by atoms with Gasteiger partial charge >= 0.3 is 0 Å². The predicted molar refractivity (Wildman–Crippen MR) is 77.5 cm³/mol. The maximum Gasteiger partial charge on any atom is 0.257 e. The van der Waals surface area contributed by atoms with Crippen LogP contribution in [0.15, 0.2) is 48.8 Å². The van der Waals surface area contributed by atoms with E-state index in [1.54, 1.807) is 42.6 Å². The molecule has 0 fully saturated rings. The van der Waals surface area contributed by atoms with E-state index < -0.39 is 0 Å². The number of nitrogens with two attached hydrogens (primary N) is 1. The Kier molecular flexibility index (Phi) is 6.78. The monoisotopic (exact) mass is 285 g/mol. The van der Waals surface area contributed by atoms with Gasteiger partial charge in [0, 0.05) is 23.8 Å². The van der Waals surface area contributed by atoms with Gasteiger partial charge in [0.2, 0.25) is 0 Å². The van der Waals surface area contributed by atoms with Gasteiger partial charge in [0.15, 0.2) is 0 Å². The summed E-state index contributed by atoms with van der Waals surface area (Å²) in [7, 11) is 0. The fourth-order valence-corrected chi connectivity index (χ4v) is 1.32. The molecule has 1 heterocycles. The molecule has 2 rings (SSSR count). The van der Waals surface area contributed by atoms with Gasteiger partial charge in [0.05, 0.1) is 5.56 Å². The number of benzene rings is 1. The molecule has 1 aromatic heterocycles. The van der Waals surface area contributed by atoms with Crippen LogP contribution in [0.2, 0.25) is 0 Å². The van der Waals surface area contributed by atoms with Crippen molar-refractivity contribution in [1.82, 2.24) is 4.98 Å². The van der Waals surface area contributed by atoms with Crippen molar-refractivity contribution in [2.24, 2.45) is 0 Å². The summed E-state index contributed by atoms with van der Waals surface area (Å²) in [5.41, 5.74) is 7.42. The Labute approximate surface area is 117 Å². The number of rotatable bonds is 2. The summed E-state index contributed by atoms with van der Waals surface area (Å²) >= 11 is 0. The smallest absolute Gasteiger partial charge is 0.257 e. The lowest BCUT2D eigenvalue weighted by atomic mass is 10.2. The third kappa shape index (κ3) is 4.24. The molecule has 0 unspecified atom stereocenters. The molecular weight excluding hydrogens is 273 g/mol. The van der Waals surface area contributed by atoms with E-state index >= 15 is 0 Å². The minimum atomic E-state index is -0.196. The predicted octanol–water partition coefficient (Wildman–Crippen LogP) is 2.76. The van der Waals surface area contributed by atoms with E-state index in [0.717, 1.165) is 0 Å². The number of nitrogen functional groups attached to an aromatic ring is 1. The molecule has 18 heavy (non-hydrogen) atoms. The molecule has 0 aliphatic heterocycles. The first-order valence-electron chi connectivity index (χ1n) is 4.82. The second-order valence-corrected chi connectivity index (χ2v) is 3.32. The maximum atomic E-state index is 11.7. The van der Waals surface area contributed by atoms with Gasteiger partial charge in [-0.05, 0) is 30.3 Å². The highest BCUT2D eigenvalue weighted by Gasteiger charge is 2.05. The van der Waals surface area contributed by atoms with E-state index in [4.69, 9.17) is 5.73 Å². The van der Waals surface area contributed by atoms with Crippen LogP contribution in [0.25, 0.3) is 0 Å². The summed E-state index contributed by atoms with van der Waals surface area (Å²) < 4.78 is 0. The van der Waals surface area contributed by atoms with Crippen LogP contribution in [0.5, 0.6) is 0 Å². The average Bonchev–Trinajstić information content (AvgIpc) is 2.30. The number of nitrogens with one attached hydrogen (secondary N) is 1. The Bertz CT molecular complexity index is 506. The molecule has 0 aliphatic rings. The molecule has 4 nitrogen and oxygen atoms in total. The summed E-state index contributed by atoms with van der Waals surface area (Å²) in [6, 6.07) is 10.5. The number of carbonyl (C=O) groups excluding carboxylic acids is 1. The van der Waals surface area contributed by atoms with E-state index in [2.05, 4.69) is 10.3 Å². The highest BCUT2D eigenvalue weighted by molar-refractivity contribution is 6.04. The van der Waals surface area contributed by atoms with Gasteiger partial charge in [-0.2, -0.15) is 0 Å². The number of nitrogens with zero attached hydrogens (tertiary/aromatic N) is 1. The molecule has 0 saturated heterocycles. The number of hydrogen-bond donors (Lipinski definition) is 2. The highest BCUT2D eigenvalue weighted by atomic mass is 35.5. The third-order valence-corrected chi connectivity index (χ3v) is 2.07. The molecule has 0 aliphatic carbocycles. The number of halogens is 2. The summed E-state index contributed by atoms with van der Waals surface area (Å²) in [4.78, 5) is 15.6. The van der Waals surface area contributed by atoms with Crippen molar-refractivity contribution >= 4 is 42.1 Å². The van der Waals surface area contributed by atoms with Crippen molar-refractivity contribution in [3.05, 3.63) is 54.4 Å². The van der Waals surface area contributed by atoms with Crippen molar-refractivity contribution in [1.29, 1.82) is 0 Å². The van der Waals surface area contributed by atoms with Crippen LogP contribution in [0.4, 0.5) is 11.4 Å². The number of carbonyl (C=O) groups is 1. The lowest BCUT2D eigenvalue weighted by molar-refractivity contribution is 0.102. The van der Waals surface area contributed by atoms with Crippen LogP contribution in [0.3, 0.4) is 0 Å². The van der Waals surface area contributed by atoms with Crippen LogP contribution in [-0.2, 0) is 0 Å². The fraction of sp³-hybridized carbons (Fsp3) is 0. The van der Waals surface area contributed by atoms with Crippen LogP contribution in [0.1, 0.15) is 10.4 Å². The van der Waals surface area contributed by atoms with Gasteiger partial charge in [0.1, 0.15) is 0 Å². The first-order chi connectivity index (χ1) is 7.75. The number of aromatic nitrogens is 1. The third-order valence-electron chi connectivity index (χ3n) is 2.07. The summed E-state index contributed by atoms with van der Waals surface area (Å²) in [6.07, 6.45) is 3.14. The molecule has 1 aromatic carbocycles. The molecule has 0 saturated carbocycles. The van der Waals surface area contributed by atoms with Gasteiger partial charge in [-0.25, -0.2) is 0 Å². The maximum absolute atomic E-state index is 11.7. The Morgan fingerprint density at radius 1 is 1.17 bits per heavy atom. The first kappa shape index (κ1) is 16.2. The van der Waals surface area contributed by atoms with Gasteiger partial charge in [-0.1, -0.05) is 6.07 Å². The number of amides is 1. The zero-order valence-corrected chi connectivity index (χ0v) is 11.0. The van der Waals surface area contributed by atoms with Crippen molar-refractivity contribution in [3.8, 4) is 0 Å². The Morgan fingerprint density at radius 2 is 1.94 bits per heavy atom. The largest absolute Gasteiger partial charge is 0.399 e. The highest BCUT2D eigenvalue weighted by Crippen LogP contribution is 2.12. The lowest BCUT2D eigenvalue weighted by Crippen LogP contribution is -2.12. The van der Waals surface area contributed by atoms with Crippen molar-refractivity contribution in [2.75, 3.05) is 11.1 Å². The topological polar surface area (TPSA) is 68.0 Å². The number of anilines is 2. The average molecular weight is 286 g/mol. The first-order valence-corrected chi connectivity index (χ1v) is 4.82. The van der Waals surface area contributed by atoms with E-state index in [1.807, 2.05) is 0 Å². The summed E-state index contributed by atoms with van der Waals surface area (Å²) in [6.45, 7) is 0. The molecule has 0 atom stereocenters. The quantitative estimate of drug-likeness (QED) is 0.834. The molecule has 0 spiro atoms. The zero-order chi connectivity index (χ0) is 11.4. The molecule has 1 amide bonds. The molecule has 2 aromatic rings. The van der Waals surface area contributed by atoms with Gasteiger partial charge in [-0.15, -0.1) is 24.8 Å². The second-order valence-electron chi connectivity index (χ2n) is 3.32. The van der Waals surface area contributed by atoms with Crippen LogP contribution >= 0.6 is 24.8 Å². The molecule has 0 radical (unpaired) electrons. The normalized spacial score (nSPS) is 8.67. The Hall–Kier alpha value is -1.78. The number of hydrogen-bond acceptors (Lipinski definition) is 3. The summed E-state index contributed by atoms with van der Waals surface area (Å²) in [5.74, 6) is -0.196. The van der Waals surface area contributed by atoms with Crippen LogP contribution < -0.4 is 11.1 Å². The van der Waals surface area contributed by atoms with Crippen LogP contribution in [0, 0.1) is 0 Å². The molecule has 96 valence electrons. The minimum absolute atomic E-state index is 0. The molecule has 3 N–H and O–H groups in total. The van der Waals surface area contributed by atoms with Crippen molar-refractivity contribution in [2.45, 2.75) is 0 Å². The van der Waals surface area contributed by atoms with E-state index in [0.29, 0.717) is 16.9 Å².